The molecule has 4 nitrogen and oxygen atoms in total. The summed E-state index contributed by atoms with van der Waals surface area (Å²) < 4.78 is 1.03. The van der Waals surface area contributed by atoms with Gasteiger partial charge in [-0.2, -0.15) is 0 Å². The minimum Gasteiger partial charge on any atom is -0.369 e. The summed E-state index contributed by atoms with van der Waals surface area (Å²) in [5, 5.41) is 3.15. The highest BCUT2D eigenvalue weighted by molar-refractivity contribution is 9.10. The van der Waals surface area contributed by atoms with Crippen LogP contribution in [0.3, 0.4) is 0 Å². The maximum atomic E-state index is 6.03. The van der Waals surface area contributed by atoms with Crippen molar-refractivity contribution in [2.45, 2.75) is 13.0 Å². The van der Waals surface area contributed by atoms with Gasteiger partial charge in [0.2, 0.25) is 0 Å². The molecule has 1 aromatic heterocycles. The third-order valence-electron chi connectivity index (χ3n) is 3.05. The number of nitrogens with two attached hydrogens (primary N) is 1. The molecular formula is C13H13BrN4S. The van der Waals surface area contributed by atoms with E-state index >= 15 is 0 Å². The zero-order chi connectivity index (χ0) is 13.4. The first-order chi connectivity index (χ1) is 9.15. The van der Waals surface area contributed by atoms with E-state index in [0.717, 1.165) is 20.9 Å². The van der Waals surface area contributed by atoms with E-state index in [9.17, 15) is 0 Å². The minimum atomic E-state index is 0.0965. The Hall–Kier alpha value is -1.40. The fourth-order valence-corrected chi connectivity index (χ4v) is 3.24. The summed E-state index contributed by atoms with van der Waals surface area (Å²) in [6, 6.07) is 8.16. The molecule has 0 spiro atoms. The fourth-order valence-electron chi connectivity index (χ4n) is 2.19. The molecule has 1 aliphatic heterocycles. The molecule has 1 aromatic carbocycles. The maximum Gasteiger partial charge on any atom is 0.196 e. The highest BCUT2D eigenvalue weighted by atomic mass is 79.9. The lowest BCUT2D eigenvalue weighted by atomic mass is 10.2. The molecule has 0 bridgehead atoms. The summed E-state index contributed by atoms with van der Waals surface area (Å²) in [7, 11) is 0. The quantitative estimate of drug-likeness (QED) is 0.916. The largest absolute Gasteiger partial charge is 0.369 e. The monoisotopic (exact) mass is 336 g/mol. The Balaban J connectivity index is 1.99. The van der Waals surface area contributed by atoms with E-state index in [2.05, 4.69) is 31.3 Å². The predicted molar refractivity (Wildman–Crippen MR) is 82.7 cm³/mol. The van der Waals surface area contributed by atoms with Crippen LogP contribution in [0.1, 0.15) is 16.7 Å². The third-order valence-corrected chi connectivity index (χ3v) is 4.33. The van der Waals surface area contributed by atoms with Crippen LogP contribution in [-0.4, -0.2) is 17.5 Å². The van der Waals surface area contributed by atoms with Gasteiger partial charge in [-0.25, -0.2) is 4.98 Å². The van der Waals surface area contributed by atoms with Crippen molar-refractivity contribution in [2.75, 3.05) is 11.4 Å². The lowest BCUT2D eigenvalue weighted by Crippen LogP contribution is -2.36. The first-order valence-electron chi connectivity index (χ1n) is 5.92. The van der Waals surface area contributed by atoms with E-state index in [-0.39, 0.29) is 6.04 Å². The number of aliphatic imine (C=N–C) groups is 1. The van der Waals surface area contributed by atoms with E-state index in [0.29, 0.717) is 12.5 Å². The van der Waals surface area contributed by atoms with Gasteiger partial charge in [0.05, 0.1) is 23.3 Å². The Bertz CT molecular complexity index is 637. The molecule has 2 aromatic rings. The summed E-state index contributed by atoms with van der Waals surface area (Å²) in [6.45, 7) is 2.66. The third kappa shape index (κ3) is 2.37. The van der Waals surface area contributed by atoms with Gasteiger partial charge in [-0.15, -0.1) is 11.3 Å². The molecule has 0 amide bonds. The molecule has 2 N–H and O–H groups in total. The van der Waals surface area contributed by atoms with Crippen LogP contribution in [0.2, 0.25) is 0 Å². The summed E-state index contributed by atoms with van der Waals surface area (Å²) in [6.07, 6.45) is 0. The number of anilines is 1. The van der Waals surface area contributed by atoms with Crippen molar-refractivity contribution in [2.24, 2.45) is 10.7 Å². The number of hydrogen-bond donors (Lipinski definition) is 1. The number of benzene rings is 1. The van der Waals surface area contributed by atoms with Gasteiger partial charge in [0.15, 0.2) is 5.96 Å². The van der Waals surface area contributed by atoms with Crippen LogP contribution >= 0.6 is 27.3 Å². The summed E-state index contributed by atoms with van der Waals surface area (Å²) in [5.41, 5.74) is 8.10. The van der Waals surface area contributed by atoms with Crippen molar-refractivity contribution in [1.29, 1.82) is 0 Å². The zero-order valence-electron chi connectivity index (χ0n) is 10.4. The van der Waals surface area contributed by atoms with E-state index in [1.54, 1.807) is 11.3 Å². The molecule has 1 atom stereocenters. The zero-order valence-corrected chi connectivity index (χ0v) is 12.8. The number of aromatic nitrogens is 1. The normalized spacial score (nSPS) is 18.7. The number of guanidine groups is 1. The molecule has 19 heavy (non-hydrogen) atoms. The molecule has 0 fully saturated rings. The molecule has 1 aliphatic rings. The Morgan fingerprint density at radius 2 is 2.32 bits per heavy atom. The summed E-state index contributed by atoms with van der Waals surface area (Å²) in [4.78, 5) is 11.0. The second-order valence-electron chi connectivity index (χ2n) is 4.36. The lowest BCUT2D eigenvalue weighted by molar-refractivity contribution is 0.744. The number of halogens is 1. The average Bonchev–Trinajstić information content (AvgIpc) is 2.95. The molecule has 2 heterocycles. The number of hydrogen-bond acceptors (Lipinski definition) is 5. The molecule has 3 rings (SSSR count). The predicted octanol–water partition coefficient (Wildman–Crippen LogP) is 3.09. The summed E-state index contributed by atoms with van der Waals surface area (Å²) in [5.74, 6) is 0.550. The van der Waals surface area contributed by atoms with Crippen molar-refractivity contribution in [3.05, 3.63) is 44.8 Å². The van der Waals surface area contributed by atoms with Crippen molar-refractivity contribution >= 4 is 38.9 Å². The van der Waals surface area contributed by atoms with Crippen LogP contribution in [0, 0.1) is 6.92 Å². The number of aryl methyl sites for hydroxylation is 1. The SMILES string of the molecule is Cc1nc(C2CN=C(N)N2c2cccc(Br)c2)cs1. The topological polar surface area (TPSA) is 54.5 Å². The van der Waals surface area contributed by atoms with E-state index in [1.807, 2.05) is 36.1 Å². The first-order valence-corrected chi connectivity index (χ1v) is 7.59. The molecule has 0 aliphatic carbocycles. The molecule has 0 radical (unpaired) electrons. The van der Waals surface area contributed by atoms with Gasteiger partial charge in [0.1, 0.15) is 0 Å². The molecule has 0 saturated heterocycles. The van der Waals surface area contributed by atoms with Gasteiger partial charge in [-0.3, -0.25) is 4.99 Å². The Kier molecular flexibility index (Phi) is 3.28. The van der Waals surface area contributed by atoms with Crippen LogP contribution < -0.4 is 10.6 Å². The number of thiazole rings is 1. The first kappa shape index (κ1) is 12.6. The second kappa shape index (κ2) is 4.94. The van der Waals surface area contributed by atoms with E-state index < -0.39 is 0 Å². The van der Waals surface area contributed by atoms with Crippen molar-refractivity contribution in [3.8, 4) is 0 Å². The summed E-state index contributed by atoms with van der Waals surface area (Å²) >= 11 is 5.14. The van der Waals surface area contributed by atoms with Crippen LogP contribution in [0.4, 0.5) is 5.69 Å². The average molecular weight is 337 g/mol. The van der Waals surface area contributed by atoms with Crippen molar-refractivity contribution in [1.82, 2.24) is 4.98 Å². The van der Waals surface area contributed by atoms with Gasteiger partial charge < -0.3 is 10.6 Å². The molecular weight excluding hydrogens is 324 g/mol. The Morgan fingerprint density at radius 1 is 1.47 bits per heavy atom. The van der Waals surface area contributed by atoms with Gasteiger partial charge >= 0.3 is 0 Å². The van der Waals surface area contributed by atoms with Crippen molar-refractivity contribution in [3.63, 3.8) is 0 Å². The smallest absolute Gasteiger partial charge is 0.196 e. The molecule has 6 heteroatoms. The van der Waals surface area contributed by atoms with Gasteiger partial charge in [-0.05, 0) is 25.1 Å². The van der Waals surface area contributed by atoms with Gasteiger partial charge in [0.25, 0.3) is 0 Å². The van der Waals surface area contributed by atoms with E-state index in [1.165, 1.54) is 0 Å². The highest BCUT2D eigenvalue weighted by Crippen LogP contribution is 2.32. The molecule has 0 saturated carbocycles. The van der Waals surface area contributed by atoms with E-state index in [4.69, 9.17) is 5.73 Å². The minimum absolute atomic E-state index is 0.0965. The van der Waals surface area contributed by atoms with Gasteiger partial charge in [-0.1, -0.05) is 22.0 Å². The van der Waals surface area contributed by atoms with Crippen molar-refractivity contribution < 1.29 is 0 Å². The molecule has 1 unspecified atom stereocenters. The lowest BCUT2D eigenvalue weighted by Gasteiger charge is -2.25. The van der Waals surface area contributed by atoms with Crippen LogP contribution in [0.5, 0.6) is 0 Å². The maximum absolute atomic E-state index is 6.03. The Morgan fingerprint density at radius 3 is 3.00 bits per heavy atom. The van der Waals surface area contributed by atoms with Crippen LogP contribution in [-0.2, 0) is 0 Å². The number of nitrogens with zero attached hydrogens (tertiary/aromatic N) is 3. The second-order valence-corrected chi connectivity index (χ2v) is 6.33. The van der Waals surface area contributed by atoms with Gasteiger partial charge in [0, 0.05) is 15.5 Å². The highest BCUT2D eigenvalue weighted by Gasteiger charge is 2.30. The van der Waals surface area contributed by atoms with Crippen LogP contribution in [0.15, 0.2) is 39.1 Å². The Labute approximate surface area is 124 Å². The molecule has 98 valence electrons. The van der Waals surface area contributed by atoms with Crippen LogP contribution in [0.25, 0.3) is 0 Å². The standard InChI is InChI=1S/C13H13BrN4S/c1-8-17-11(7-19-8)12-6-16-13(15)18(12)10-4-2-3-9(14)5-10/h2-5,7,12H,6H2,1H3,(H2,15,16). The fraction of sp³-hybridized carbons (Fsp3) is 0.231. The number of rotatable bonds is 2.